The Bertz CT molecular complexity index is 706. The van der Waals surface area contributed by atoms with E-state index in [1.54, 1.807) is 20.8 Å². The van der Waals surface area contributed by atoms with Gasteiger partial charge in [0.15, 0.2) is 0 Å². The molecule has 27 heavy (non-hydrogen) atoms. The summed E-state index contributed by atoms with van der Waals surface area (Å²) in [7, 11) is 0. The van der Waals surface area contributed by atoms with Gasteiger partial charge < -0.3 is 14.2 Å². The number of benzene rings is 1. The van der Waals surface area contributed by atoms with E-state index < -0.39 is 28.1 Å². The second-order valence-corrected chi connectivity index (χ2v) is 6.27. The van der Waals surface area contributed by atoms with Crippen LogP contribution in [0.1, 0.15) is 37.6 Å². The van der Waals surface area contributed by atoms with Gasteiger partial charge >= 0.3 is 17.9 Å². The average molecular weight is 399 g/mol. The van der Waals surface area contributed by atoms with Crippen LogP contribution < -0.4 is 0 Å². The summed E-state index contributed by atoms with van der Waals surface area (Å²) in [4.78, 5) is 46.5. The van der Waals surface area contributed by atoms with Crippen molar-refractivity contribution < 1.29 is 33.5 Å². The van der Waals surface area contributed by atoms with E-state index in [0.717, 1.165) is 17.8 Å². The molecule has 0 saturated heterocycles. The average Bonchev–Trinajstić information content (AvgIpc) is 2.61. The highest BCUT2D eigenvalue weighted by Crippen LogP contribution is 2.35. The molecule has 0 aliphatic heterocycles. The van der Waals surface area contributed by atoms with Gasteiger partial charge in [0.1, 0.15) is 5.25 Å². The van der Waals surface area contributed by atoms with Crippen LogP contribution in [0.15, 0.2) is 23.1 Å². The second-order valence-electron chi connectivity index (χ2n) is 5.03. The lowest BCUT2D eigenvalue weighted by molar-refractivity contribution is -0.387. The number of nitro groups is 1. The molecule has 0 N–H and O–H groups in total. The Morgan fingerprint density at radius 1 is 1.07 bits per heavy atom. The molecular weight excluding hydrogens is 378 g/mol. The predicted molar refractivity (Wildman–Crippen MR) is 96.6 cm³/mol. The maximum Gasteiger partial charge on any atom is 0.338 e. The van der Waals surface area contributed by atoms with Crippen LogP contribution in [0.2, 0.25) is 0 Å². The zero-order chi connectivity index (χ0) is 20.4. The Morgan fingerprint density at radius 2 is 1.70 bits per heavy atom. The Hall–Kier alpha value is -2.62. The SMILES string of the molecule is CCOC(=O)CC(Sc1ccc(C(=O)OCC)cc1[N+](=O)[O-])C(=O)OCC. The molecule has 0 saturated carbocycles. The van der Waals surface area contributed by atoms with Crippen molar-refractivity contribution in [2.45, 2.75) is 37.3 Å². The first-order valence-electron chi connectivity index (χ1n) is 8.28. The van der Waals surface area contributed by atoms with E-state index in [-0.39, 0.29) is 42.4 Å². The molecule has 0 aromatic heterocycles. The first-order valence-corrected chi connectivity index (χ1v) is 9.16. The zero-order valence-electron chi connectivity index (χ0n) is 15.3. The molecule has 10 heteroatoms. The minimum atomic E-state index is -1.02. The maximum absolute atomic E-state index is 12.1. The number of hydrogen-bond acceptors (Lipinski definition) is 9. The lowest BCUT2D eigenvalue weighted by atomic mass is 10.2. The van der Waals surface area contributed by atoms with Crippen molar-refractivity contribution in [2.24, 2.45) is 0 Å². The summed E-state index contributed by atoms with van der Waals surface area (Å²) in [5.41, 5.74) is -0.352. The van der Waals surface area contributed by atoms with Crippen LogP contribution in [-0.2, 0) is 23.8 Å². The van der Waals surface area contributed by atoms with Gasteiger partial charge in [-0.15, -0.1) is 11.8 Å². The molecule has 0 fully saturated rings. The minimum Gasteiger partial charge on any atom is -0.466 e. The quantitative estimate of drug-likeness (QED) is 0.192. The first kappa shape index (κ1) is 22.4. The molecule has 0 spiro atoms. The van der Waals surface area contributed by atoms with Gasteiger partial charge in [0.2, 0.25) is 0 Å². The van der Waals surface area contributed by atoms with E-state index >= 15 is 0 Å². The van der Waals surface area contributed by atoms with Gasteiger partial charge in [-0.3, -0.25) is 19.7 Å². The number of rotatable bonds is 10. The molecule has 0 bridgehead atoms. The van der Waals surface area contributed by atoms with Crippen molar-refractivity contribution in [1.82, 2.24) is 0 Å². The number of esters is 3. The van der Waals surface area contributed by atoms with Gasteiger partial charge in [0.05, 0.1) is 41.6 Å². The monoisotopic (exact) mass is 399 g/mol. The fraction of sp³-hybridized carbons (Fsp3) is 0.471. The number of ether oxygens (including phenoxy) is 3. The summed E-state index contributed by atoms with van der Waals surface area (Å²) in [5, 5.41) is 10.4. The standard InChI is InChI=1S/C17H21NO8S/c1-4-24-15(19)10-14(17(21)26-6-3)27-13-8-7-11(16(20)25-5-2)9-12(13)18(22)23/h7-9,14H,4-6,10H2,1-3H3. The Labute approximate surface area is 160 Å². The van der Waals surface area contributed by atoms with Crippen LogP contribution >= 0.6 is 11.8 Å². The van der Waals surface area contributed by atoms with E-state index in [2.05, 4.69) is 0 Å². The molecule has 0 aliphatic carbocycles. The summed E-state index contributed by atoms with van der Waals surface area (Å²) in [6, 6.07) is 3.78. The van der Waals surface area contributed by atoms with E-state index in [4.69, 9.17) is 14.2 Å². The summed E-state index contributed by atoms with van der Waals surface area (Å²) in [6.07, 6.45) is -0.297. The molecule has 1 aromatic carbocycles. The zero-order valence-corrected chi connectivity index (χ0v) is 16.1. The summed E-state index contributed by atoms with van der Waals surface area (Å²) in [5.74, 6) is -1.99. The number of hydrogen-bond donors (Lipinski definition) is 0. The van der Waals surface area contributed by atoms with Gasteiger partial charge in [0, 0.05) is 6.07 Å². The van der Waals surface area contributed by atoms with Crippen molar-refractivity contribution in [1.29, 1.82) is 0 Å². The highest BCUT2D eigenvalue weighted by atomic mass is 32.2. The lowest BCUT2D eigenvalue weighted by Gasteiger charge is -2.15. The molecule has 1 aromatic rings. The molecule has 9 nitrogen and oxygen atoms in total. The number of thioether (sulfide) groups is 1. The van der Waals surface area contributed by atoms with Crippen LogP contribution in [0.4, 0.5) is 5.69 Å². The fourth-order valence-corrected chi connectivity index (χ4v) is 3.13. The normalized spacial score (nSPS) is 11.4. The largest absolute Gasteiger partial charge is 0.466 e. The molecule has 1 rings (SSSR count). The molecule has 0 radical (unpaired) electrons. The third kappa shape index (κ3) is 6.89. The topological polar surface area (TPSA) is 122 Å². The Morgan fingerprint density at radius 3 is 2.26 bits per heavy atom. The molecule has 0 aliphatic rings. The van der Waals surface area contributed by atoms with Crippen LogP contribution in [0.3, 0.4) is 0 Å². The van der Waals surface area contributed by atoms with Crippen molar-refractivity contribution in [3.8, 4) is 0 Å². The fourth-order valence-electron chi connectivity index (χ4n) is 2.03. The van der Waals surface area contributed by atoms with E-state index in [9.17, 15) is 24.5 Å². The highest BCUT2D eigenvalue weighted by Gasteiger charge is 2.29. The van der Waals surface area contributed by atoms with Gasteiger partial charge in [0.25, 0.3) is 5.69 Å². The van der Waals surface area contributed by atoms with Gasteiger partial charge in [-0.25, -0.2) is 4.79 Å². The summed E-state index contributed by atoms with van der Waals surface area (Å²) in [6.45, 7) is 5.24. The van der Waals surface area contributed by atoms with Crippen molar-refractivity contribution in [3.63, 3.8) is 0 Å². The van der Waals surface area contributed by atoms with Crippen LogP contribution in [0, 0.1) is 10.1 Å². The third-order valence-electron chi connectivity index (χ3n) is 3.14. The number of nitro benzene ring substituents is 1. The number of nitrogens with zero attached hydrogens (tertiary/aromatic N) is 1. The molecule has 1 atom stereocenters. The summed E-state index contributed by atoms with van der Waals surface area (Å²) < 4.78 is 14.6. The van der Waals surface area contributed by atoms with E-state index in [0.29, 0.717) is 0 Å². The number of carbonyl (C=O) groups is 3. The minimum absolute atomic E-state index is 0.0194. The molecule has 0 heterocycles. The predicted octanol–water partition coefficient (Wildman–Crippen LogP) is 2.75. The van der Waals surface area contributed by atoms with Crippen LogP contribution in [0.5, 0.6) is 0 Å². The first-order chi connectivity index (χ1) is 12.8. The van der Waals surface area contributed by atoms with Crippen molar-refractivity contribution >= 4 is 35.4 Å². The van der Waals surface area contributed by atoms with Gasteiger partial charge in [-0.05, 0) is 32.9 Å². The van der Waals surface area contributed by atoms with Gasteiger partial charge in [-0.2, -0.15) is 0 Å². The molecule has 148 valence electrons. The van der Waals surface area contributed by atoms with Gasteiger partial charge in [-0.1, -0.05) is 0 Å². The third-order valence-corrected chi connectivity index (χ3v) is 4.39. The van der Waals surface area contributed by atoms with Crippen molar-refractivity contribution in [3.05, 3.63) is 33.9 Å². The van der Waals surface area contributed by atoms with E-state index in [1.165, 1.54) is 12.1 Å². The van der Waals surface area contributed by atoms with Crippen LogP contribution in [-0.4, -0.2) is 47.9 Å². The molecule has 0 amide bonds. The van der Waals surface area contributed by atoms with Crippen LogP contribution in [0.25, 0.3) is 0 Å². The Balaban J connectivity index is 3.14. The second kappa shape index (κ2) is 11.2. The number of carbonyl (C=O) groups excluding carboxylic acids is 3. The highest BCUT2D eigenvalue weighted by molar-refractivity contribution is 8.00. The smallest absolute Gasteiger partial charge is 0.338 e. The summed E-state index contributed by atoms with van der Waals surface area (Å²) >= 11 is 0.811. The molecular formula is C17H21NO8S. The Kier molecular flexibility index (Phi) is 9.27. The maximum atomic E-state index is 12.1. The molecule has 1 unspecified atom stereocenters. The lowest BCUT2D eigenvalue weighted by Crippen LogP contribution is -2.24. The van der Waals surface area contributed by atoms with Crippen molar-refractivity contribution in [2.75, 3.05) is 19.8 Å². The van der Waals surface area contributed by atoms with E-state index in [1.807, 2.05) is 0 Å².